The van der Waals surface area contributed by atoms with Crippen molar-refractivity contribution in [3.63, 3.8) is 0 Å². The maximum Gasteiger partial charge on any atom is 0.307 e. The molecule has 4 heteroatoms. The number of hydrogen-bond donors (Lipinski definition) is 1. The Morgan fingerprint density at radius 2 is 2.42 bits per heavy atom. The van der Waals surface area contributed by atoms with E-state index in [-0.39, 0.29) is 4.87 Å². The van der Waals surface area contributed by atoms with Gasteiger partial charge in [-0.25, -0.2) is 0 Å². The zero-order valence-electron chi connectivity index (χ0n) is 6.86. The van der Waals surface area contributed by atoms with Crippen LogP contribution in [0.4, 0.5) is 0 Å². The van der Waals surface area contributed by atoms with E-state index in [4.69, 9.17) is 0 Å². The molecule has 0 aromatic carbocycles. The number of hydrogen-bond acceptors (Lipinski definition) is 3. The Labute approximate surface area is 81.0 Å². The van der Waals surface area contributed by atoms with Crippen molar-refractivity contribution < 1.29 is 0 Å². The van der Waals surface area contributed by atoms with Gasteiger partial charge in [-0.2, -0.15) is 12.6 Å². The summed E-state index contributed by atoms with van der Waals surface area (Å²) in [4.78, 5) is 11.3. The molecule has 1 aromatic rings. The van der Waals surface area contributed by atoms with Crippen molar-refractivity contribution >= 4 is 24.0 Å². The first-order chi connectivity index (χ1) is 5.75. The Morgan fingerprint density at radius 1 is 1.67 bits per heavy atom. The third kappa shape index (κ3) is 2.25. The standard InChI is InChI=1S/C8H11NOS2/c1-7-6-12-8(10)9(7)4-2-3-5-11/h2-3,6,11H,4-5H2,1H3. The van der Waals surface area contributed by atoms with Crippen LogP contribution in [0.2, 0.25) is 0 Å². The molecule has 0 aliphatic heterocycles. The van der Waals surface area contributed by atoms with E-state index in [2.05, 4.69) is 12.6 Å². The van der Waals surface area contributed by atoms with Gasteiger partial charge in [0.05, 0.1) is 0 Å². The molecule has 12 heavy (non-hydrogen) atoms. The predicted octanol–water partition coefficient (Wildman–Crippen LogP) is 1.70. The molecule has 0 saturated carbocycles. The van der Waals surface area contributed by atoms with Crippen LogP contribution in [0.5, 0.6) is 0 Å². The second-order valence-electron chi connectivity index (χ2n) is 2.41. The molecule has 0 radical (unpaired) electrons. The Bertz CT molecular complexity index is 324. The monoisotopic (exact) mass is 201 g/mol. The van der Waals surface area contributed by atoms with Gasteiger partial charge in [0.1, 0.15) is 0 Å². The minimum Gasteiger partial charge on any atom is -0.300 e. The maximum absolute atomic E-state index is 11.2. The molecule has 0 bridgehead atoms. The van der Waals surface area contributed by atoms with Crippen molar-refractivity contribution in [2.45, 2.75) is 13.5 Å². The summed E-state index contributed by atoms with van der Waals surface area (Å²) in [6, 6.07) is 0. The van der Waals surface area contributed by atoms with Crippen molar-refractivity contribution in [1.29, 1.82) is 0 Å². The van der Waals surface area contributed by atoms with Gasteiger partial charge in [-0.3, -0.25) is 9.36 Å². The van der Waals surface area contributed by atoms with E-state index in [1.54, 1.807) is 4.57 Å². The summed E-state index contributed by atoms with van der Waals surface area (Å²) in [5.74, 6) is 0.720. The molecule has 0 unspecified atom stereocenters. The molecule has 0 spiro atoms. The van der Waals surface area contributed by atoms with E-state index in [1.807, 2.05) is 24.5 Å². The molecule has 66 valence electrons. The van der Waals surface area contributed by atoms with Crippen LogP contribution in [0.15, 0.2) is 22.3 Å². The first-order valence-corrected chi connectivity index (χ1v) is 5.17. The molecule has 0 atom stereocenters. The van der Waals surface area contributed by atoms with Crippen LogP contribution >= 0.6 is 24.0 Å². The summed E-state index contributed by atoms with van der Waals surface area (Å²) in [5.41, 5.74) is 1.02. The van der Waals surface area contributed by atoms with Gasteiger partial charge in [-0.05, 0) is 6.92 Å². The fourth-order valence-electron chi connectivity index (χ4n) is 0.880. The van der Waals surface area contributed by atoms with Crippen LogP contribution in [0.3, 0.4) is 0 Å². The van der Waals surface area contributed by atoms with Gasteiger partial charge in [0.25, 0.3) is 0 Å². The largest absolute Gasteiger partial charge is 0.307 e. The third-order valence-electron chi connectivity index (χ3n) is 1.54. The van der Waals surface area contributed by atoms with E-state index in [0.29, 0.717) is 6.54 Å². The lowest BCUT2D eigenvalue weighted by Crippen LogP contribution is -2.13. The highest BCUT2D eigenvalue weighted by atomic mass is 32.1. The lowest BCUT2D eigenvalue weighted by molar-refractivity contribution is 0.773. The summed E-state index contributed by atoms with van der Waals surface area (Å²) < 4.78 is 1.74. The van der Waals surface area contributed by atoms with E-state index in [0.717, 1.165) is 11.4 Å². The smallest absolute Gasteiger partial charge is 0.300 e. The van der Waals surface area contributed by atoms with E-state index in [9.17, 15) is 4.79 Å². The quantitative estimate of drug-likeness (QED) is 0.583. The number of allylic oxidation sites excluding steroid dienone is 1. The van der Waals surface area contributed by atoms with Crippen LogP contribution in [0.25, 0.3) is 0 Å². The van der Waals surface area contributed by atoms with Gasteiger partial charge in [-0.1, -0.05) is 23.5 Å². The van der Waals surface area contributed by atoms with Crippen molar-refractivity contribution in [3.8, 4) is 0 Å². The Morgan fingerprint density at radius 3 is 2.92 bits per heavy atom. The Kier molecular flexibility index (Phi) is 3.62. The highest BCUT2D eigenvalue weighted by Crippen LogP contribution is 1.99. The SMILES string of the molecule is Cc1csc(=O)n1CC=CCS. The highest BCUT2D eigenvalue weighted by molar-refractivity contribution is 7.80. The number of aryl methyl sites for hydroxylation is 1. The molecule has 1 rings (SSSR count). The second-order valence-corrected chi connectivity index (χ2v) is 3.59. The topological polar surface area (TPSA) is 22.0 Å². The molecule has 1 aromatic heterocycles. The number of nitrogens with zero attached hydrogens (tertiary/aromatic N) is 1. The van der Waals surface area contributed by atoms with Gasteiger partial charge >= 0.3 is 4.87 Å². The molecule has 2 nitrogen and oxygen atoms in total. The predicted molar refractivity (Wildman–Crippen MR) is 56.3 cm³/mol. The van der Waals surface area contributed by atoms with Crippen molar-refractivity contribution in [2.75, 3.05) is 5.75 Å². The van der Waals surface area contributed by atoms with Crippen molar-refractivity contribution in [1.82, 2.24) is 4.57 Å². The van der Waals surface area contributed by atoms with Crippen molar-refractivity contribution in [2.24, 2.45) is 0 Å². The van der Waals surface area contributed by atoms with Gasteiger partial charge in [0.15, 0.2) is 0 Å². The average Bonchev–Trinajstić information content (AvgIpc) is 2.35. The molecule has 0 saturated heterocycles. The van der Waals surface area contributed by atoms with Gasteiger partial charge in [0.2, 0.25) is 0 Å². The van der Waals surface area contributed by atoms with Crippen LogP contribution in [-0.4, -0.2) is 10.3 Å². The lowest BCUT2D eigenvalue weighted by Gasteiger charge is -1.97. The summed E-state index contributed by atoms with van der Waals surface area (Å²) >= 11 is 5.28. The average molecular weight is 201 g/mol. The highest BCUT2D eigenvalue weighted by Gasteiger charge is 1.98. The molecule has 1 heterocycles. The van der Waals surface area contributed by atoms with E-state index < -0.39 is 0 Å². The van der Waals surface area contributed by atoms with Gasteiger partial charge in [-0.15, -0.1) is 0 Å². The summed E-state index contributed by atoms with van der Waals surface area (Å²) in [6.45, 7) is 2.60. The summed E-state index contributed by atoms with van der Waals surface area (Å²) in [5, 5.41) is 1.87. The normalized spacial score (nSPS) is 11.2. The first kappa shape index (κ1) is 9.61. The molecule has 0 fully saturated rings. The van der Waals surface area contributed by atoms with Gasteiger partial charge < -0.3 is 0 Å². The summed E-state index contributed by atoms with van der Waals surface area (Å²) in [7, 11) is 0. The minimum atomic E-state index is 0.108. The number of rotatable bonds is 3. The number of thiazole rings is 1. The van der Waals surface area contributed by atoms with Crippen LogP contribution in [-0.2, 0) is 6.54 Å². The third-order valence-corrected chi connectivity index (χ3v) is 2.63. The maximum atomic E-state index is 11.2. The van der Waals surface area contributed by atoms with Gasteiger partial charge in [0, 0.05) is 23.4 Å². The van der Waals surface area contributed by atoms with E-state index >= 15 is 0 Å². The van der Waals surface area contributed by atoms with Crippen LogP contribution in [0, 0.1) is 6.92 Å². The second kappa shape index (κ2) is 4.52. The van der Waals surface area contributed by atoms with Crippen LogP contribution in [0.1, 0.15) is 5.69 Å². The molecule has 0 amide bonds. The fraction of sp³-hybridized carbons (Fsp3) is 0.375. The fourth-order valence-corrected chi connectivity index (χ4v) is 1.77. The minimum absolute atomic E-state index is 0.108. The molecular formula is C8H11NOS2. The Balaban J connectivity index is 2.74. The van der Waals surface area contributed by atoms with Crippen LogP contribution < -0.4 is 4.87 Å². The van der Waals surface area contributed by atoms with E-state index in [1.165, 1.54) is 11.3 Å². The molecular weight excluding hydrogens is 190 g/mol. The zero-order valence-corrected chi connectivity index (χ0v) is 8.57. The van der Waals surface area contributed by atoms with Crippen molar-refractivity contribution in [3.05, 3.63) is 32.9 Å². The summed E-state index contributed by atoms with van der Waals surface area (Å²) in [6.07, 6.45) is 3.89. The molecule has 0 aliphatic rings. The first-order valence-electron chi connectivity index (χ1n) is 3.66. The number of thiol groups is 1. The number of aromatic nitrogens is 1. The molecule has 0 N–H and O–H groups in total. The molecule has 0 aliphatic carbocycles. The zero-order chi connectivity index (χ0) is 8.97. The lowest BCUT2D eigenvalue weighted by atomic mass is 10.4. The Hall–Kier alpha value is -0.480.